The zero-order valence-corrected chi connectivity index (χ0v) is 9.36. The Kier molecular flexibility index (Phi) is 3.44. The summed E-state index contributed by atoms with van der Waals surface area (Å²) < 4.78 is 5.44. The summed E-state index contributed by atoms with van der Waals surface area (Å²) in [4.78, 5) is 2.48. The molecular formula is C12H20N2O. The summed E-state index contributed by atoms with van der Waals surface area (Å²) in [5, 5.41) is 0. The van der Waals surface area contributed by atoms with E-state index in [0.717, 1.165) is 31.3 Å². The molecule has 84 valence electrons. The SMILES string of the molecule is C[C@H](c1ccco1)N1CCC(CN)CC1. The molecule has 3 nitrogen and oxygen atoms in total. The molecule has 0 amide bonds. The molecule has 0 saturated carbocycles. The standard InChI is InChI=1S/C12H20N2O/c1-10(12-3-2-8-15-12)14-6-4-11(9-13)5-7-14/h2-3,8,10-11H,4-7,9,13H2,1H3/t10-/m1/s1. The number of rotatable bonds is 3. The van der Waals surface area contributed by atoms with Gasteiger partial charge in [0.15, 0.2) is 0 Å². The van der Waals surface area contributed by atoms with E-state index in [1.54, 1.807) is 6.26 Å². The molecule has 1 aromatic rings. The van der Waals surface area contributed by atoms with Crippen molar-refractivity contribution < 1.29 is 4.42 Å². The van der Waals surface area contributed by atoms with Crippen LogP contribution in [-0.2, 0) is 0 Å². The van der Waals surface area contributed by atoms with Gasteiger partial charge in [0.2, 0.25) is 0 Å². The smallest absolute Gasteiger partial charge is 0.120 e. The molecule has 1 atom stereocenters. The van der Waals surface area contributed by atoms with E-state index < -0.39 is 0 Å². The highest BCUT2D eigenvalue weighted by Gasteiger charge is 2.23. The van der Waals surface area contributed by atoms with Crippen LogP contribution in [0.15, 0.2) is 22.8 Å². The molecule has 0 bridgehead atoms. The molecule has 1 aliphatic heterocycles. The maximum Gasteiger partial charge on any atom is 0.120 e. The minimum absolute atomic E-state index is 0.402. The maximum atomic E-state index is 5.68. The maximum absolute atomic E-state index is 5.68. The molecule has 1 fully saturated rings. The lowest BCUT2D eigenvalue weighted by atomic mass is 9.96. The van der Waals surface area contributed by atoms with Gasteiger partial charge in [-0.05, 0) is 57.5 Å². The van der Waals surface area contributed by atoms with E-state index in [-0.39, 0.29) is 0 Å². The number of furan rings is 1. The van der Waals surface area contributed by atoms with E-state index in [9.17, 15) is 0 Å². The predicted molar refractivity (Wildman–Crippen MR) is 60.5 cm³/mol. The fourth-order valence-electron chi connectivity index (χ4n) is 2.28. The Morgan fingerprint density at radius 2 is 2.27 bits per heavy atom. The molecule has 3 heteroatoms. The number of nitrogens with two attached hydrogens (primary N) is 1. The van der Waals surface area contributed by atoms with Crippen molar-refractivity contribution in [1.29, 1.82) is 0 Å². The number of likely N-dealkylation sites (tertiary alicyclic amines) is 1. The molecule has 1 aliphatic rings. The van der Waals surface area contributed by atoms with Crippen LogP contribution in [0.3, 0.4) is 0 Å². The second kappa shape index (κ2) is 4.81. The average Bonchev–Trinajstić information content (AvgIpc) is 2.82. The Hall–Kier alpha value is -0.800. The van der Waals surface area contributed by atoms with Gasteiger partial charge in [0, 0.05) is 0 Å². The van der Waals surface area contributed by atoms with Gasteiger partial charge in [-0.25, -0.2) is 0 Å². The van der Waals surface area contributed by atoms with Crippen molar-refractivity contribution >= 4 is 0 Å². The van der Waals surface area contributed by atoms with Gasteiger partial charge in [0.1, 0.15) is 5.76 Å². The fraction of sp³-hybridized carbons (Fsp3) is 0.667. The van der Waals surface area contributed by atoms with E-state index in [1.165, 1.54) is 12.8 Å². The lowest BCUT2D eigenvalue weighted by Crippen LogP contribution is -2.37. The third-order valence-corrected chi connectivity index (χ3v) is 3.49. The molecule has 1 saturated heterocycles. The Bertz CT molecular complexity index is 276. The molecule has 2 rings (SSSR count). The topological polar surface area (TPSA) is 42.4 Å². The van der Waals surface area contributed by atoms with Crippen LogP contribution in [0.25, 0.3) is 0 Å². The van der Waals surface area contributed by atoms with Crippen LogP contribution in [0, 0.1) is 5.92 Å². The Labute approximate surface area is 91.2 Å². The van der Waals surface area contributed by atoms with Crippen molar-refractivity contribution in [2.75, 3.05) is 19.6 Å². The van der Waals surface area contributed by atoms with E-state index >= 15 is 0 Å². The summed E-state index contributed by atoms with van der Waals surface area (Å²) in [6.07, 6.45) is 4.20. The average molecular weight is 208 g/mol. The molecule has 0 spiro atoms. The molecular weight excluding hydrogens is 188 g/mol. The van der Waals surface area contributed by atoms with Crippen LogP contribution in [0.1, 0.15) is 31.6 Å². The summed E-state index contributed by atoms with van der Waals surface area (Å²) >= 11 is 0. The molecule has 2 heterocycles. The van der Waals surface area contributed by atoms with Crippen molar-refractivity contribution in [3.8, 4) is 0 Å². The van der Waals surface area contributed by atoms with Gasteiger partial charge in [-0.3, -0.25) is 4.90 Å². The summed E-state index contributed by atoms with van der Waals surface area (Å²) in [5.41, 5.74) is 5.68. The normalized spacial score (nSPS) is 21.7. The van der Waals surface area contributed by atoms with E-state index in [4.69, 9.17) is 10.2 Å². The quantitative estimate of drug-likeness (QED) is 0.826. The zero-order chi connectivity index (χ0) is 10.7. The van der Waals surface area contributed by atoms with Crippen LogP contribution in [0.5, 0.6) is 0 Å². The molecule has 0 radical (unpaired) electrons. The minimum Gasteiger partial charge on any atom is -0.468 e. The fourth-order valence-corrected chi connectivity index (χ4v) is 2.28. The third-order valence-electron chi connectivity index (χ3n) is 3.49. The van der Waals surface area contributed by atoms with Crippen molar-refractivity contribution in [1.82, 2.24) is 4.90 Å². The van der Waals surface area contributed by atoms with Crippen LogP contribution in [-0.4, -0.2) is 24.5 Å². The molecule has 1 aromatic heterocycles. The van der Waals surface area contributed by atoms with Gasteiger partial charge in [-0.15, -0.1) is 0 Å². The second-order valence-electron chi connectivity index (χ2n) is 4.41. The first-order valence-electron chi connectivity index (χ1n) is 5.78. The van der Waals surface area contributed by atoms with Crippen LogP contribution in [0.4, 0.5) is 0 Å². The van der Waals surface area contributed by atoms with E-state index in [1.807, 2.05) is 6.07 Å². The highest BCUT2D eigenvalue weighted by molar-refractivity contribution is 5.03. The first-order valence-corrected chi connectivity index (χ1v) is 5.78. The van der Waals surface area contributed by atoms with Gasteiger partial charge in [-0.1, -0.05) is 0 Å². The third kappa shape index (κ3) is 2.41. The lowest BCUT2D eigenvalue weighted by molar-refractivity contribution is 0.130. The first kappa shape index (κ1) is 10.7. The van der Waals surface area contributed by atoms with Crippen LogP contribution < -0.4 is 5.73 Å². The Balaban J connectivity index is 1.90. The second-order valence-corrected chi connectivity index (χ2v) is 4.41. The predicted octanol–water partition coefficient (Wildman–Crippen LogP) is 2.01. The Morgan fingerprint density at radius 1 is 1.53 bits per heavy atom. The van der Waals surface area contributed by atoms with Crippen molar-refractivity contribution in [3.63, 3.8) is 0 Å². The van der Waals surface area contributed by atoms with Crippen molar-refractivity contribution in [3.05, 3.63) is 24.2 Å². The molecule has 2 N–H and O–H groups in total. The summed E-state index contributed by atoms with van der Waals surface area (Å²) in [7, 11) is 0. The number of piperidine rings is 1. The van der Waals surface area contributed by atoms with Gasteiger partial charge in [-0.2, -0.15) is 0 Å². The number of hydrogen-bond donors (Lipinski definition) is 1. The minimum atomic E-state index is 0.402. The van der Waals surface area contributed by atoms with Crippen molar-refractivity contribution in [2.24, 2.45) is 11.7 Å². The van der Waals surface area contributed by atoms with Crippen LogP contribution >= 0.6 is 0 Å². The Morgan fingerprint density at radius 3 is 2.80 bits per heavy atom. The largest absolute Gasteiger partial charge is 0.468 e. The van der Waals surface area contributed by atoms with Gasteiger partial charge >= 0.3 is 0 Å². The number of hydrogen-bond acceptors (Lipinski definition) is 3. The van der Waals surface area contributed by atoms with Gasteiger partial charge in [0.25, 0.3) is 0 Å². The van der Waals surface area contributed by atoms with Gasteiger partial charge in [0.05, 0.1) is 12.3 Å². The van der Waals surface area contributed by atoms with E-state index in [2.05, 4.69) is 17.9 Å². The highest BCUT2D eigenvalue weighted by atomic mass is 16.3. The number of nitrogens with zero attached hydrogens (tertiary/aromatic N) is 1. The lowest BCUT2D eigenvalue weighted by Gasteiger charge is -2.34. The molecule has 0 aromatic carbocycles. The zero-order valence-electron chi connectivity index (χ0n) is 9.36. The highest BCUT2D eigenvalue weighted by Crippen LogP contribution is 2.26. The summed E-state index contributed by atoms with van der Waals surface area (Å²) in [5.74, 6) is 1.80. The van der Waals surface area contributed by atoms with Crippen LogP contribution in [0.2, 0.25) is 0 Å². The monoisotopic (exact) mass is 208 g/mol. The molecule has 0 aliphatic carbocycles. The van der Waals surface area contributed by atoms with E-state index in [0.29, 0.717) is 6.04 Å². The van der Waals surface area contributed by atoms with Crippen molar-refractivity contribution in [2.45, 2.75) is 25.8 Å². The van der Waals surface area contributed by atoms with Gasteiger partial charge < -0.3 is 10.2 Å². The summed E-state index contributed by atoms with van der Waals surface area (Å²) in [6, 6.07) is 4.41. The molecule has 15 heavy (non-hydrogen) atoms. The first-order chi connectivity index (χ1) is 7.31. The summed E-state index contributed by atoms with van der Waals surface area (Å²) in [6.45, 7) is 5.33. The molecule has 0 unspecified atom stereocenters.